The third kappa shape index (κ3) is 2.37. The number of hydrogen-bond acceptors (Lipinski definition) is 1. The van der Waals surface area contributed by atoms with Gasteiger partial charge in [0.25, 0.3) is 0 Å². The predicted molar refractivity (Wildman–Crippen MR) is 47.9 cm³/mol. The Bertz CT molecular complexity index is 188. The molecule has 1 rings (SSSR count). The molecule has 0 heterocycles. The van der Waals surface area contributed by atoms with E-state index in [4.69, 9.17) is 5.41 Å². The number of likely N-dealkylation sites (N-methyl/N-ethyl adjacent to an activating group) is 1. The van der Waals surface area contributed by atoms with E-state index in [1.165, 1.54) is 18.4 Å². The molecule has 1 aliphatic carbocycles. The molecule has 0 spiro atoms. The maximum Gasteiger partial charge on any atom is 0.120 e. The van der Waals surface area contributed by atoms with Gasteiger partial charge in [0.2, 0.25) is 0 Å². The van der Waals surface area contributed by atoms with Crippen LogP contribution in [0, 0.1) is 11.3 Å². The summed E-state index contributed by atoms with van der Waals surface area (Å²) in [4.78, 5) is 1.83. The summed E-state index contributed by atoms with van der Waals surface area (Å²) in [5.74, 6) is 1.39. The molecule has 1 N–H and O–H groups in total. The smallest absolute Gasteiger partial charge is 0.120 e. The first kappa shape index (κ1) is 8.31. The molecule has 2 heteroatoms. The summed E-state index contributed by atoms with van der Waals surface area (Å²) in [6.07, 6.45) is 4.61. The van der Waals surface area contributed by atoms with Crippen LogP contribution >= 0.6 is 0 Å². The lowest BCUT2D eigenvalue weighted by molar-refractivity contribution is 0.621. The van der Waals surface area contributed by atoms with Crippen LogP contribution in [-0.4, -0.2) is 24.8 Å². The first-order valence-electron chi connectivity index (χ1n) is 4.05. The van der Waals surface area contributed by atoms with Gasteiger partial charge >= 0.3 is 0 Å². The summed E-state index contributed by atoms with van der Waals surface area (Å²) < 4.78 is 0. The lowest BCUT2D eigenvalue weighted by atomic mass is 10.2. The number of rotatable bonds is 2. The maximum atomic E-state index is 7.54. The summed E-state index contributed by atoms with van der Waals surface area (Å²) in [7, 11) is 3.80. The average molecular weight is 152 g/mol. The molecule has 0 aromatic heterocycles. The Hall–Kier alpha value is -0.790. The lowest BCUT2D eigenvalue weighted by Gasteiger charge is -2.10. The monoisotopic (exact) mass is 152 g/mol. The van der Waals surface area contributed by atoms with Gasteiger partial charge in [0.1, 0.15) is 5.84 Å². The molecular weight excluding hydrogens is 136 g/mol. The van der Waals surface area contributed by atoms with Crippen LogP contribution in [0.5, 0.6) is 0 Å². The second kappa shape index (κ2) is 3.07. The third-order valence-electron chi connectivity index (χ3n) is 2.07. The first-order chi connectivity index (χ1) is 5.11. The Balaban J connectivity index is 2.48. The van der Waals surface area contributed by atoms with Crippen molar-refractivity contribution in [2.45, 2.75) is 19.8 Å². The van der Waals surface area contributed by atoms with Gasteiger partial charge in [-0.15, -0.1) is 0 Å². The van der Waals surface area contributed by atoms with Crippen LogP contribution in [0.3, 0.4) is 0 Å². The van der Waals surface area contributed by atoms with E-state index in [9.17, 15) is 0 Å². The minimum absolute atomic E-state index is 0.606. The van der Waals surface area contributed by atoms with Gasteiger partial charge in [-0.1, -0.05) is 5.57 Å². The van der Waals surface area contributed by atoms with Crippen molar-refractivity contribution in [3.63, 3.8) is 0 Å². The Morgan fingerprint density at radius 3 is 2.36 bits per heavy atom. The van der Waals surface area contributed by atoms with E-state index in [1.54, 1.807) is 0 Å². The van der Waals surface area contributed by atoms with Crippen molar-refractivity contribution in [1.82, 2.24) is 4.90 Å². The molecule has 0 amide bonds. The Morgan fingerprint density at radius 2 is 2.00 bits per heavy atom. The van der Waals surface area contributed by atoms with Gasteiger partial charge in [0, 0.05) is 14.1 Å². The van der Waals surface area contributed by atoms with E-state index in [0.717, 1.165) is 5.92 Å². The van der Waals surface area contributed by atoms with Crippen molar-refractivity contribution in [3.05, 3.63) is 11.6 Å². The second-order valence-corrected chi connectivity index (χ2v) is 3.44. The zero-order valence-electron chi connectivity index (χ0n) is 7.52. The number of allylic oxidation sites excluding steroid dienone is 1. The van der Waals surface area contributed by atoms with Crippen LogP contribution < -0.4 is 0 Å². The van der Waals surface area contributed by atoms with Crippen LogP contribution in [-0.2, 0) is 0 Å². The molecule has 0 aromatic rings. The molecule has 0 unspecified atom stereocenters. The second-order valence-electron chi connectivity index (χ2n) is 3.44. The molecule has 1 fully saturated rings. The standard InChI is InChI=1S/C9H16N2/c1-7(8-4-5-8)6-9(10)11(2)3/h6,8,10H,4-5H2,1-3H3/b7-6+,10-9?. The summed E-state index contributed by atoms with van der Waals surface area (Å²) in [5, 5.41) is 7.54. The molecule has 1 aliphatic rings. The zero-order valence-corrected chi connectivity index (χ0v) is 7.52. The van der Waals surface area contributed by atoms with Crippen LogP contribution in [0.25, 0.3) is 0 Å². The molecule has 11 heavy (non-hydrogen) atoms. The number of hydrogen-bond donors (Lipinski definition) is 1. The fraction of sp³-hybridized carbons (Fsp3) is 0.667. The van der Waals surface area contributed by atoms with Gasteiger partial charge in [-0.05, 0) is 31.8 Å². The van der Waals surface area contributed by atoms with Crippen molar-refractivity contribution in [2.24, 2.45) is 5.92 Å². The van der Waals surface area contributed by atoms with E-state index in [0.29, 0.717) is 5.84 Å². The summed E-state index contributed by atoms with van der Waals surface area (Å²) in [6.45, 7) is 2.12. The summed E-state index contributed by atoms with van der Waals surface area (Å²) in [6, 6.07) is 0. The molecule has 0 atom stereocenters. The average Bonchev–Trinajstić information content (AvgIpc) is 2.67. The van der Waals surface area contributed by atoms with E-state index in [-0.39, 0.29) is 0 Å². The molecule has 0 aliphatic heterocycles. The summed E-state index contributed by atoms with van der Waals surface area (Å²) in [5.41, 5.74) is 1.36. The van der Waals surface area contributed by atoms with Crippen LogP contribution in [0.1, 0.15) is 19.8 Å². The van der Waals surface area contributed by atoms with Crippen LogP contribution in [0.15, 0.2) is 11.6 Å². The molecule has 0 bridgehead atoms. The van der Waals surface area contributed by atoms with Gasteiger partial charge in [-0.2, -0.15) is 0 Å². The predicted octanol–water partition coefficient (Wildman–Crippen LogP) is 1.88. The molecule has 2 nitrogen and oxygen atoms in total. The molecular formula is C9H16N2. The summed E-state index contributed by atoms with van der Waals surface area (Å²) >= 11 is 0. The fourth-order valence-corrected chi connectivity index (χ4v) is 1.00. The molecule has 0 aromatic carbocycles. The van der Waals surface area contributed by atoms with Gasteiger partial charge in [0.05, 0.1) is 0 Å². The highest BCUT2D eigenvalue weighted by atomic mass is 15.1. The molecule has 1 saturated carbocycles. The van der Waals surface area contributed by atoms with E-state index in [2.05, 4.69) is 6.92 Å². The van der Waals surface area contributed by atoms with Gasteiger partial charge < -0.3 is 4.90 Å². The molecule has 62 valence electrons. The van der Waals surface area contributed by atoms with Gasteiger partial charge in [0.15, 0.2) is 0 Å². The van der Waals surface area contributed by atoms with Crippen molar-refractivity contribution in [1.29, 1.82) is 5.41 Å². The van der Waals surface area contributed by atoms with E-state index < -0.39 is 0 Å². The molecule has 0 saturated heterocycles. The van der Waals surface area contributed by atoms with Gasteiger partial charge in [-0.3, -0.25) is 5.41 Å². The van der Waals surface area contributed by atoms with Crippen LogP contribution in [0.2, 0.25) is 0 Å². The normalized spacial score (nSPS) is 18.3. The topological polar surface area (TPSA) is 27.1 Å². The van der Waals surface area contributed by atoms with Crippen molar-refractivity contribution in [3.8, 4) is 0 Å². The Kier molecular flexibility index (Phi) is 2.32. The quantitative estimate of drug-likeness (QED) is 0.474. The third-order valence-corrected chi connectivity index (χ3v) is 2.07. The minimum Gasteiger partial charge on any atom is -0.363 e. The number of nitrogens with zero attached hydrogens (tertiary/aromatic N) is 1. The maximum absolute atomic E-state index is 7.54. The lowest BCUT2D eigenvalue weighted by Crippen LogP contribution is -2.18. The van der Waals surface area contributed by atoms with E-state index in [1.807, 2.05) is 25.1 Å². The largest absolute Gasteiger partial charge is 0.363 e. The first-order valence-corrected chi connectivity index (χ1v) is 4.05. The highest BCUT2D eigenvalue weighted by Gasteiger charge is 2.22. The SMILES string of the molecule is C/C(=C\C(=N)N(C)C)C1CC1. The minimum atomic E-state index is 0.606. The highest BCUT2D eigenvalue weighted by molar-refractivity contribution is 5.90. The van der Waals surface area contributed by atoms with E-state index >= 15 is 0 Å². The molecule has 0 radical (unpaired) electrons. The van der Waals surface area contributed by atoms with Gasteiger partial charge in [-0.25, -0.2) is 0 Å². The Labute approximate surface area is 68.4 Å². The highest BCUT2D eigenvalue weighted by Crippen LogP contribution is 2.35. The Morgan fingerprint density at radius 1 is 1.45 bits per heavy atom. The number of amidine groups is 1. The number of nitrogens with one attached hydrogen (secondary N) is 1. The van der Waals surface area contributed by atoms with Crippen molar-refractivity contribution in [2.75, 3.05) is 14.1 Å². The fourth-order valence-electron chi connectivity index (χ4n) is 1.00. The van der Waals surface area contributed by atoms with Crippen molar-refractivity contribution < 1.29 is 0 Å². The zero-order chi connectivity index (χ0) is 8.43. The van der Waals surface area contributed by atoms with Crippen molar-refractivity contribution >= 4 is 5.84 Å². The van der Waals surface area contributed by atoms with Crippen LogP contribution in [0.4, 0.5) is 0 Å².